The molecule has 0 amide bonds. The van der Waals surface area contributed by atoms with Crippen LogP contribution in [0.25, 0.3) is 0 Å². The van der Waals surface area contributed by atoms with E-state index in [1.54, 1.807) is 23.5 Å². The van der Waals surface area contributed by atoms with Gasteiger partial charge in [-0.2, -0.15) is 0 Å². The molecule has 0 saturated carbocycles. The van der Waals surface area contributed by atoms with Gasteiger partial charge in [0.2, 0.25) is 0 Å². The van der Waals surface area contributed by atoms with Crippen molar-refractivity contribution in [2.75, 3.05) is 20.2 Å². The molecule has 2 aromatic rings. The fourth-order valence-corrected chi connectivity index (χ4v) is 2.98. The van der Waals surface area contributed by atoms with Gasteiger partial charge in [0.05, 0.1) is 19.3 Å². The minimum Gasteiger partial charge on any atom is -0.389 e. The Morgan fingerprint density at radius 3 is 2.86 bits per heavy atom. The highest BCUT2D eigenvalue weighted by Gasteiger charge is 2.13. The van der Waals surface area contributed by atoms with Crippen molar-refractivity contribution in [3.05, 3.63) is 57.0 Å². The quantitative estimate of drug-likeness (QED) is 0.795. The van der Waals surface area contributed by atoms with Crippen LogP contribution in [0.4, 0.5) is 4.39 Å². The van der Waals surface area contributed by atoms with Crippen molar-refractivity contribution >= 4 is 22.9 Å². The normalized spacial score (nSPS) is 12.8. The van der Waals surface area contributed by atoms with Crippen LogP contribution in [0.5, 0.6) is 0 Å². The molecular formula is C16H19ClFNO2S. The summed E-state index contributed by atoms with van der Waals surface area (Å²) >= 11 is 7.62. The van der Waals surface area contributed by atoms with E-state index in [0.29, 0.717) is 30.3 Å². The first-order chi connectivity index (χ1) is 10.6. The minimum absolute atomic E-state index is 0.243. The van der Waals surface area contributed by atoms with Gasteiger partial charge < -0.3 is 9.84 Å². The summed E-state index contributed by atoms with van der Waals surface area (Å²) < 4.78 is 19.2. The Morgan fingerprint density at radius 2 is 2.18 bits per heavy atom. The molecule has 1 aromatic carbocycles. The molecule has 22 heavy (non-hydrogen) atoms. The van der Waals surface area contributed by atoms with E-state index in [0.717, 1.165) is 4.88 Å². The standard InChI is InChI=1S/C16H19ClFNO2S/c1-19(9-14-15(17)5-2-6-16(14)18)8-12(20)10-21-11-13-4-3-7-22-13/h2-7,12,20H,8-11H2,1H3. The maximum absolute atomic E-state index is 13.7. The summed E-state index contributed by atoms with van der Waals surface area (Å²) in [5, 5.41) is 12.4. The van der Waals surface area contributed by atoms with Crippen LogP contribution in [-0.4, -0.2) is 36.3 Å². The first-order valence-electron chi connectivity index (χ1n) is 6.96. The summed E-state index contributed by atoms with van der Waals surface area (Å²) in [5.74, 6) is -0.331. The Hall–Kier alpha value is -0.980. The van der Waals surface area contributed by atoms with Gasteiger partial charge in [0.25, 0.3) is 0 Å². The second-order valence-corrected chi connectivity index (χ2v) is 6.58. The van der Waals surface area contributed by atoms with Crippen LogP contribution in [0, 0.1) is 5.82 Å². The van der Waals surface area contributed by atoms with Crippen LogP contribution in [0.2, 0.25) is 5.02 Å². The monoisotopic (exact) mass is 343 g/mol. The SMILES string of the molecule is CN(Cc1c(F)cccc1Cl)CC(O)COCc1cccs1. The molecular weight excluding hydrogens is 325 g/mol. The van der Waals surface area contributed by atoms with E-state index in [1.165, 1.54) is 6.07 Å². The van der Waals surface area contributed by atoms with Gasteiger partial charge in [-0.1, -0.05) is 23.7 Å². The largest absolute Gasteiger partial charge is 0.389 e. The van der Waals surface area contributed by atoms with Crippen LogP contribution >= 0.6 is 22.9 Å². The highest BCUT2D eigenvalue weighted by atomic mass is 35.5. The van der Waals surface area contributed by atoms with E-state index in [9.17, 15) is 9.50 Å². The Balaban J connectivity index is 1.75. The Morgan fingerprint density at radius 1 is 1.36 bits per heavy atom. The number of ether oxygens (including phenoxy) is 1. The molecule has 0 spiro atoms. The maximum atomic E-state index is 13.7. The van der Waals surface area contributed by atoms with Crippen molar-refractivity contribution in [2.45, 2.75) is 19.3 Å². The molecule has 1 unspecified atom stereocenters. The van der Waals surface area contributed by atoms with E-state index in [2.05, 4.69) is 0 Å². The van der Waals surface area contributed by atoms with E-state index in [4.69, 9.17) is 16.3 Å². The number of rotatable bonds is 8. The Labute approximate surface area is 138 Å². The van der Waals surface area contributed by atoms with Crippen molar-refractivity contribution in [2.24, 2.45) is 0 Å². The first kappa shape index (κ1) is 17.4. The number of halogens is 2. The zero-order valence-corrected chi connectivity index (χ0v) is 13.9. The topological polar surface area (TPSA) is 32.7 Å². The summed E-state index contributed by atoms with van der Waals surface area (Å²) in [6.45, 7) is 1.47. The number of thiophene rings is 1. The van der Waals surface area contributed by atoms with Crippen molar-refractivity contribution in [3.63, 3.8) is 0 Å². The van der Waals surface area contributed by atoms with Gasteiger partial charge >= 0.3 is 0 Å². The van der Waals surface area contributed by atoms with E-state index in [-0.39, 0.29) is 12.4 Å². The summed E-state index contributed by atoms with van der Waals surface area (Å²) in [5.41, 5.74) is 0.443. The number of benzene rings is 1. The smallest absolute Gasteiger partial charge is 0.129 e. The van der Waals surface area contributed by atoms with Crippen molar-refractivity contribution in [1.29, 1.82) is 0 Å². The van der Waals surface area contributed by atoms with Gasteiger partial charge in [-0.3, -0.25) is 4.90 Å². The molecule has 0 aliphatic rings. The molecule has 0 aliphatic heterocycles. The summed E-state index contributed by atoms with van der Waals surface area (Å²) in [7, 11) is 1.81. The third kappa shape index (κ3) is 5.34. The van der Waals surface area contributed by atoms with Crippen LogP contribution in [0.1, 0.15) is 10.4 Å². The second-order valence-electron chi connectivity index (χ2n) is 5.15. The maximum Gasteiger partial charge on any atom is 0.129 e. The molecule has 1 N–H and O–H groups in total. The van der Waals surface area contributed by atoms with E-state index in [1.807, 2.05) is 29.5 Å². The molecule has 0 saturated heterocycles. The summed E-state index contributed by atoms with van der Waals surface area (Å²) in [6, 6.07) is 8.58. The average molecular weight is 344 g/mol. The lowest BCUT2D eigenvalue weighted by molar-refractivity contribution is 0.0134. The van der Waals surface area contributed by atoms with Crippen molar-refractivity contribution < 1.29 is 14.2 Å². The number of aliphatic hydroxyl groups excluding tert-OH is 1. The first-order valence-corrected chi connectivity index (χ1v) is 8.21. The molecule has 2 rings (SSSR count). The Kier molecular flexibility index (Phi) is 6.79. The summed E-state index contributed by atoms with van der Waals surface area (Å²) in [6.07, 6.45) is -0.629. The van der Waals surface area contributed by atoms with Crippen LogP contribution in [0.3, 0.4) is 0 Å². The molecule has 1 aromatic heterocycles. The van der Waals surface area contributed by atoms with Gasteiger partial charge in [0, 0.05) is 28.6 Å². The number of aliphatic hydroxyl groups is 1. The third-order valence-corrected chi connectivity index (χ3v) is 4.35. The van der Waals surface area contributed by atoms with Crippen LogP contribution in [-0.2, 0) is 17.9 Å². The predicted octanol–water partition coefficient (Wildman–Crippen LogP) is 3.55. The van der Waals surface area contributed by atoms with Gasteiger partial charge in [-0.05, 0) is 30.6 Å². The lowest BCUT2D eigenvalue weighted by Crippen LogP contribution is -2.32. The Bertz CT molecular complexity index is 559. The molecule has 1 atom stereocenters. The zero-order chi connectivity index (χ0) is 15.9. The fraction of sp³-hybridized carbons (Fsp3) is 0.375. The molecule has 3 nitrogen and oxygen atoms in total. The highest BCUT2D eigenvalue weighted by Crippen LogP contribution is 2.20. The second kappa shape index (κ2) is 8.60. The van der Waals surface area contributed by atoms with Crippen LogP contribution < -0.4 is 0 Å². The number of hydrogen-bond acceptors (Lipinski definition) is 4. The zero-order valence-electron chi connectivity index (χ0n) is 12.3. The minimum atomic E-state index is -0.629. The average Bonchev–Trinajstić information content (AvgIpc) is 2.96. The number of likely N-dealkylation sites (N-methyl/N-ethyl adjacent to an activating group) is 1. The predicted molar refractivity (Wildman–Crippen MR) is 87.7 cm³/mol. The van der Waals surface area contributed by atoms with Crippen molar-refractivity contribution in [1.82, 2.24) is 4.90 Å². The van der Waals surface area contributed by atoms with E-state index < -0.39 is 6.10 Å². The van der Waals surface area contributed by atoms with Gasteiger partial charge in [0.1, 0.15) is 5.82 Å². The molecule has 0 aliphatic carbocycles. The molecule has 1 heterocycles. The fourth-order valence-electron chi connectivity index (χ4n) is 2.12. The van der Waals surface area contributed by atoms with Gasteiger partial charge in [0.15, 0.2) is 0 Å². The lowest BCUT2D eigenvalue weighted by atomic mass is 10.2. The number of nitrogens with zero attached hydrogens (tertiary/aromatic N) is 1. The van der Waals surface area contributed by atoms with Crippen molar-refractivity contribution in [3.8, 4) is 0 Å². The molecule has 120 valence electrons. The van der Waals surface area contributed by atoms with Gasteiger partial charge in [-0.25, -0.2) is 4.39 Å². The summed E-state index contributed by atoms with van der Waals surface area (Å²) in [4.78, 5) is 2.95. The van der Waals surface area contributed by atoms with E-state index >= 15 is 0 Å². The molecule has 0 fully saturated rings. The molecule has 6 heteroatoms. The lowest BCUT2D eigenvalue weighted by Gasteiger charge is -2.21. The third-order valence-electron chi connectivity index (χ3n) is 3.15. The molecule has 0 bridgehead atoms. The highest BCUT2D eigenvalue weighted by molar-refractivity contribution is 7.09. The number of hydrogen-bond donors (Lipinski definition) is 1. The van der Waals surface area contributed by atoms with Crippen LogP contribution in [0.15, 0.2) is 35.7 Å². The molecule has 0 radical (unpaired) electrons. The van der Waals surface area contributed by atoms with Gasteiger partial charge in [-0.15, -0.1) is 11.3 Å².